The van der Waals surface area contributed by atoms with Gasteiger partial charge in [-0.2, -0.15) is 4.31 Å². The first-order valence-electron chi connectivity index (χ1n) is 9.27. The van der Waals surface area contributed by atoms with Crippen molar-refractivity contribution in [1.82, 2.24) is 9.62 Å². The Kier molecular flexibility index (Phi) is 4.50. The number of thioether (sulfide) groups is 1. The second-order valence-corrected chi connectivity index (χ2v) is 9.99. The molecule has 1 saturated heterocycles. The van der Waals surface area contributed by atoms with E-state index in [0.29, 0.717) is 11.1 Å². The summed E-state index contributed by atoms with van der Waals surface area (Å²) in [6, 6.07) is 20.3. The van der Waals surface area contributed by atoms with Crippen LogP contribution in [0.5, 0.6) is 0 Å². The summed E-state index contributed by atoms with van der Waals surface area (Å²) in [5.41, 5.74) is 1.87. The van der Waals surface area contributed by atoms with Gasteiger partial charge < -0.3 is 0 Å². The highest BCUT2D eigenvalue weighted by atomic mass is 32.2. The minimum Gasteiger partial charge on any atom is -0.282 e. The van der Waals surface area contributed by atoms with Crippen LogP contribution in [0.4, 0.5) is 4.79 Å². The SMILES string of the molecule is O=C1NC(=O)/C(=C2\CN(Cc3ccc4ccccc4c3)S(=O)(=O)c3ccccc32)S1. The molecule has 3 aromatic carbocycles. The summed E-state index contributed by atoms with van der Waals surface area (Å²) in [6.07, 6.45) is 0. The number of sulfonamides is 1. The normalized spacial score (nSPS) is 20.9. The molecule has 8 heteroatoms. The first-order chi connectivity index (χ1) is 14.4. The zero-order chi connectivity index (χ0) is 20.9. The van der Waals surface area contributed by atoms with E-state index < -0.39 is 21.2 Å². The van der Waals surface area contributed by atoms with Gasteiger partial charge in [0, 0.05) is 18.7 Å². The van der Waals surface area contributed by atoms with Crippen LogP contribution in [0.3, 0.4) is 0 Å². The molecule has 0 bridgehead atoms. The minimum absolute atomic E-state index is 0.0230. The third-order valence-corrected chi connectivity index (χ3v) is 8.00. The van der Waals surface area contributed by atoms with Gasteiger partial charge in [0.15, 0.2) is 0 Å². The van der Waals surface area contributed by atoms with Crippen LogP contribution >= 0.6 is 11.8 Å². The highest BCUT2D eigenvalue weighted by Gasteiger charge is 2.38. The maximum absolute atomic E-state index is 13.3. The molecule has 0 spiro atoms. The summed E-state index contributed by atoms with van der Waals surface area (Å²) in [7, 11) is -3.75. The fourth-order valence-corrected chi connectivity index (χ4v) is 6.20. The van der Waals surface area contributed by atoms with E-state index in [-0.39, 0.29) is 22.9 Å². The van der Waals surface area contributed by atoms with Gasteiger partial charge in [0.05, 0.1) is 9.80 Å². The van der Waals surface area contributed by atoms with Gasteiger partial charge in [-0.3, -0.25) is 14.9 Å². The molecule has 0 saturated carbocycles. The summed E-state index contributed by atoms with van der Waals surface area (Å²) >= 11 is 0.813. The van der Waals surface area contributed by atoms with E-state index in [9.17, 15) is 18.0 Å². The molecule has 150 valence electrons. The second-order valence-electron chi connectivity index (χ2n) is 7.10. The smallest absolute Gasteiger partial charge is 0.282 e. The number of amides is 2. The first kappa shape index (κ1) is 19.0. The molecule has 0 atom stereocenters. The lowest BCUT2D eigenvalue weighted by molar-refractivity contribution is -0.115. The number of hydrogen-bond acceptors (Lipinski definition) is 5. The molecule has 6 nitrogen and oxygen atoms in total. The fraction of sp³-hybridized carbons (Fsp3) is 0.0909. The molecule has 0 aliphatic carbocycles. The van der Waals surface area contributed by atoms with Crippen molar-refractivity contribution in [3.05, 3.63) is 82.8 Å². The Morgan fingerprint density at radius 3 is 2.43 bits per heavy atom. The number of fused-ring (bicyclic) bond motifs is 2. The third-order valence-electron chi connectivity index (χ3n) is 5.23. The summed E-state index contributed by atoms with van der Waals surface area (Å²) in [4.78, 5) is 24.4. The predicted octanol–water partition coefficient (Wildman–Crippen LogP) is 3.74. The van der Waals surface area contributed by atoms with Crippen molar-refractivity contribution in [2.75, 3.05) is 6.54 Å². The minimum atomic E-state index is -3.75. The first-order valence-corrected chi connectivity index (χ1v) is 11.5. The van der Waals surface area contributed by atoms with E-state index in [4.69, 9.17) is 0 Å². The standard InChI is InChI=1S/C22H16N2O4S2/c25-21-20(29-22(26)23-21)18-13-24(30(27,28)19-8-4-3-7-17(18)19)12-14-9-10-15-5-1-2-6-16(15)11-14/h1-11H,12-13H2,(H,23,25,26)/b20-18-. The van der Waals surface area contributed by atoms with Crippen molar-refractivity contribution in [2.45, 2.75) is 11.4 Å². The van der Waals surface area contributed by atoms with Gasteiger partial charge in [0.25, 0.3) is 11.1 Å². The van der Waals surface area contributed by atoms with Crippen LogP contribution in [-0.2, 0) is 21.4 Å². The lowest BCUT2D eigenvalue weighted by Crippen LogP contribution is -2.37. The largest absolute Gasteiger partial charge is 0.290 e. The maximum Gasteiger partial charge on any atom is 0.290 e. The van der Waals surface area contributed by atoms with Gasteiger partial charge in [0.1, 0.15) is 0 Å². The van der Waals surface area contributed by atoms with E-state index in [0.717, 1.165) is 28.1 Å². The lowest BCUT2D eigenvalue weighted by Gasteiger charge is -2.30. The molecule has 0 unspecified atom stereocenters. The van der Waals surface area contributed by atoms with E-state index in [2.05, 4.69) is 5.32 Å². The average Bonchev–Trinajstić information content (AvgIpc) is 3.08. The number of imide groups is 1. The second kappa shape index (κ2) is 7.09. The van der Waals surface area contributed by atoms with Gasteiger partial charge in [-0.15, -0.1) is 0 Å². The van der Waals surface area contributed by atoms with Gasteiger partial charge >= 0.3 is 0 Å². The van der Waals surface area contributed by atoms with Gasteiger partial charge in [0.2, 0.25) is 10.0 Å². The molecule has 2 aliphatic rings. The number of carbonyl (C=O) groups is 2. The molecule has 2 heterocycles. The van der Waals surface area contributed by atoms with Crippen LogP contribution < -0.4 is 5.32 Å². The van der Waals surface area contributed by atoms with Crippen molar-refractivity contribution in [3.63, 3.8) is 0 Å². The van der Waals surface area contributed by atoms with Crippen molar-refractivity contribution in [3.8, 4) is 0 Å². The predicted molar refractivity (Wildman–Crippen MR) is 116 cm³/mol. The van der Waals surface area contributed by atoms with E-state index in [1.165, 1.54) is 10.4 Å². The molecule has 1 fully saturated rings. The molecule has 3 aromatic rings. The maximum atomic E-state index is 13.3. The van der Waals surface area contributed by atoms with Crippen molar-refractivity contribution >= 4 is 49.3 Å². The molecular weight excluding hydrogens is 420 g/mol. The third kappa shape index (κ3) is 3.13. The highest BCUT2D eigenvalue weighted by molar-refractivity contribution is 8.18. The Labute approximate surface area is 177 Å². The van der Waals surface area contributed by atoms with Crippen LogP contribution in [0.15, 0.2) is 76.5 Å². The Bertz CT molecular complexity index is 1360. The topological polar surface area (TPSA) is 83.6 Å². The molecule has 1 N–H and O–H groups in total. The van der Waals surface area contributed by atoms with Gasteiger partial charge in [-0.1, -0.05) is 54.6 Å². The summed E-state index contributed by atoms with van der Waals surface area (Å²) < 4.78 is 28.0. The summed E-state index contributed by atoms with van der Waals surface area (Å²) in [6.45, 7) is 0.188. The van der Waals surface area contributed by atoms with Crippen LogP contribution in [0.1, 0.15) is 11.1 Å². The fourth-order valence-electron chi connectivity index (χ4n) is 3.81. The lowest BCUT2D eigenvalue weighted by atomic mass is 10.0. The van der Waals surface area contributed by atoms with Crippen molar-refractivity contribution < 1.29 is 18.0 Å². The molecule has 5 rings (SSSR count). The molecule has 0 radical (unpaired) electrons. The van der Waals surface area contributed by atoms with Gasteiger partial charge in [-0.05, 0) is 45.8 Å². The van der Waals surface area contributed by atoms with E-state index in [1.54, 1.807) is 18.2 Å². The van der Waals surface area contributed by atoms with Crippen LogP contribution in [0.25, 0.3) is 16.3 Å². The quantitative estimate of drug-likeness (QED) is 0.619. The average molecular weight is 437 g/mol. The van der Waals surface area contributed by atoms with Crippen molar-refractivity contribution in [2.24, 2.45) is 0 Å². The molecule has 30 heavy (non-hydrogen) atoms. The molecule has 2 aliphatic heterocycles. The molecule has 0 aromatic heterocycles. The van der Waals surface area contributed by atoms with Crippen LogP contribution in [0.2, 0.25) is 0 Å². The summed E-state index contributed by atoms with van der Waals surface area (Å²) in [5, 5.41) is 3.91. The van der Waals surface area contributed by atoms with Crippen LogP contribution in [0, 0.1) is 0 Å². The van der Waals surface area contributed by atoms with E-state index >= 15 is 0 Å². The monoisotopic (exact) mass is 436 g/mol. The number of rotatable bonds is 2. The Balaban J connectivity index is 1.61. The molecule has 2 amide bonds. The van der Waals surface area contributed by atoms with Crippen molar-refractivity contribution in [1.29, 1.82) is 0 Å². The number of nitrogens with one attached hydrogen (secondary N) is 1. The zero-order valence-electron chi connectivity index (χ0n) is 15.7. The molecular formula is C22H16N2O4S2. The number of carbonyl (C=O) groups excluding carboxylic acids is 2. The number of benzene rings is 3. The number of nitrogens with zero attached hydrogens (tertiary/aromatic N) is 1. The number of hydrogen-bond donors (Lipinski definition) is 1. The Hall–Kier alpha value is -2.94. The summed E-state index contributed by atoms with van der Waals surface area (Å²) in [5.74, 6) is -0.486. The Morgan fingerprint density at radius 2 is 1.67 bits per heavy atom. The highest BCUT2D eigenvalue weighted by Crippen LogP contribution is 2.40. The zero-order valence-corrected chi connectivity index (χ0v) is 17.3. The van der Waals surface area contributed by atoms with Gasteiger partial charge in [-0.25, -0.2) is 8.42 Å². The van der Waals surface area contributed by atoms with E-state index in [1.807, 2.05) is 42.5 Å². The van der Waals surface area contributed by atoms with Crippen LogP contribution in [-0.4, -0.2) is 30.4 Å². The Morgan fingerprint density at radius 1 is 0.933 bits per heavy atom.